The first-order chi connectivity index (χ1) is 9.10. The number of carbonyl (C=O) groups is 2. The Morgan fingerprint density at radius 3 is 2.89 bits per heavy atom. The fourth-order valence-electron chi connectivity index (χ4n) is 3.06. The van der Waals surface area contributed by atoms with E-state index in [1.54, 1.807) is 4.90 Å². The van der Waals surface area contributed by atoms with Crippen molar-refractivity contribution in [3.8, 4) is 0 Å². The second-order valence-corrected chi connectivity index (χ2v) is 6.42. The summed E-state index contributed by atoms with van der Waals surface area (Å²) in [7, 11) is 0. The van der Waals surface area contributed by atoms with Crippen LogP contribution in [-0.2, 0) is 9.59 Å². The SMILES string of the molecule is CCC1(C(=O)O)CCCN1C(=O)CC1CSCCN1. The van der Waals surface area contributed by atoms with Crippen LogP contribution in [0, 0.1) is 0 Å². The molecule has 0 aromatic rings. The molecule has 2 N–H and O–H groups in total. The van der Waals surface area contributed by atoms with Gasteiger partial charge in [0.15, 0.2) is 0 Å². The predicted molar refractivity (Wildman–Crippen MR) is 75.3 cm³/mol. The highest BCUT2D eigenvalue weighted by Crippen LogP contribution is 2.33. The summed E-state index contributed by atoms with van der Waals surface area (Å²) in [5, 5.41) is 12.8. The number of rotatable bonds is 4. The summed E-state index contributed by atoms with van der Waals surface area (Å²) >= 11 is 1.85. The Morgan fingerprint density at radius 2 is 2.32 bits per heavy atom. The standard InChI is InChI=1S/C13H22N2O3S/c1-2-13(12(17)18)4-3-6-15(13)11(16)8-10-9-19-7-5-14-10/h10,14H,2-9H2,1H3,(H,17,18). The second kappa shape index (κ2) is 6.13. The van der Waals surface area contributed by atoms with Crippen LogP contribution >= 0.6 is 11.8 Å². The topological polar surface area (TPSA) is 69.6 Å². The van der Waals surface area contributed by atoms with Crippen molar-refractivity contribution < 1.29 is 14.7 Å². The van der Waals surface area contributed by atoms with Crippen molar-refractivity contribution in [1.29, 1.82) is 0 Å². The van der Waals surface area contributed by atoms with Crippen LogP contribution < -0.4 is 5.32 Å². The molecule has 0 aliphatic carbocycles. The van der Waals surface area contributed by atoms with Gasteiger partial charge in [0.25, 0.3) is 0 Å². The number of likely N-dealkylation sites (tertiary alicyclic amines) is 1. The number of aliphatic carboxylic acids is 1. The molecule has 2 atom stereocenters. The van der Waals surface area contributed by atoms with E-state index in [0.717, 1.165) is 24.5 Å². The fraction of sp³-hybridized carbons (Fsp3) is 0.846. The van der Waals surface area contributed by atoms with Crippen molar-refractivity contribution >= 4 is 23.6 Å². The van der Waals surface area contributed by atoms with Crippen molar-refractivity contribution in [2.45, 2.75) is 44.2 Å². The minimum absolute atomic E-state index is 0.0123. The van der Waals surface area contributed by atoms with E-state index in [1.165, 1.54) is 0 Å². The summed E-state index contributed by atoms with van der Waals surface area (Å²) in [6.07, 6.45) is 2.28. The van der Waals surface area contributed by atoms with Crippen LogP contribution in [0.1, 0.15) is 32.6 Å². The van der Waals surface area contributed by atoms with Crippen LogP contribution in [0.3, 0.4) is 0 Å². The Hall–Kier alpha value is -0.750. The van der Waals surface area contributed by atoms with E-state index in [-0.39, 0.29) is 11.9 Å². The largest absolute Gasteiger partial charge is 0.479 e. The number of nitrogens with one attached hydrogen (secondary N) is 1. The van der Waals surface area contributed by atoms with Gasteiger partial charge in [0.1, 0.15) is 5.54 Å². The number of amides is 1. The molecular weight excluding hydrogens is 264 g/mol. The van der Waals surface area contributed by atoms with E-state index in [0.29, 0.717) is 25.8 Å². The number of hydrogen-bond donors (Lipinski definition) is 2. The van der Waals surface area contributed by atoms with Gasteiger partial charge in [0.05, 0.1) is 0 Å². The molecule has 2 aliphatic heterocycles. The Morgan fingerprint density at radius 1 is 1.53 bits per heavy atom. The van der Waals surface area contributed by atoms with Crippen LogP contribution in [0.15, 0.2) is 0 Å². The summed E-state index contributed by atoms with van der Waals surface area (Å²) in [5.74, 6) is 1.15. The van der Waals surface area contributed by atoms with Crippen molar-refractivity contribution in [1.82, 2.24) is 10.2 Å². The third kappa shape index (κ3) is 2.89. The molecule has 1 amide bonds. The number of thioether (sulfide) groups is 1. The zero-order valence-corrected chi connectivity index (χ0v) is 12.2. The van der Waals surface area contributed by atoms with E-state index in [2.05, 4.69) is 5.32 Å². The average molecular weight is 286 g/mol. The molecule has 2 fully saturated rings. The Kier molecular flexibility index (Phi) is 4.73. The third-order valence-corrected chi connectivity index (χ3v) is 5.32. The quantitative estimate of drug-likeness (QED) is 0.805. The van der Waals surface area contributed by atoms with Gasteiger partial charge in [-0.1, -0.05) is 6.92 Å². The lowest BCUT2D eigenvalue weighted by atomic mass is 9.92. The first-order valence-corrected chi connectivity index (χ1v) is 8.10. The number of carboxylic acid groups (broad SMARTS) is 1. The van der Waals surface area contributed by atoms with E-state index in [4.69, 9.17) is 0 Å². The van der Waals surface area contributed by atoms with Gasteiger partial charge in [-0.2, -0.15) is 11.8 Å². The Balaban J connectivity index is 2.02. The lowest BCUT2D eigenvalue weighted by Gasteiger charge is -2.35. The number of carbonyl (C=O) groups excluding carboxylic acids is 1. The molecule has 2 unspecified atom stereocenters. The Bertz CT molecular complexity index is 358. The van der Waals surface area contributed by atoms with Gasteiger partial charge in [-0.05, 0) is 19.3 Å². The van der Waals surface area contributed by atoms with E-state index in [1.807, 2.05) is 18.7 Å². The molecule has 0 aromatic carbocycles. The zero-order valence-electron chi connectivity index (χ0n) is 11.4. The van der Waals surface area contributed by atoms with Gasteiger partial charge in [0.2, 0.25) is 5.91 Å². The van der Waals surface area contributed by atoms with Gasteiger partial charge in [-0.3, -0.25) is 4.79 Å². The molecule has 2 heterocycles. The second-order valence-electron chi connectivity index (χ2n) is 5.27. The van der Waals surface area contributed by atoms with Crippen molar-refractivity contribution in [3.63, 3.8) is 0 Å². The molecule has 0 aromatic heterocycles. The smallest absolute Gasteiger partial charge is 0.329 e. The summed E-state index contributed by atoms with van der Waals surface area (Å²) in [4.78, 5) is 25.6. The highest BCUT2D eigenvalue weighted by Gasteiger charge is 2.48. The van der Waals surface area contributed by atoms with E-state index in [9.17, 15) is 14.7 Å². The molecule has 0 bridgehead atoms. The van der Waals surface area contributed by atoms with Gasteiger partial charge in [-0.25, -0.2) is 4.79 Å². The van der Waals surface area contributed by atoms with Crippen molar-refractivity contribution in [2.24, 2.45) is 0 Å². The molecular formula is C13H22N2O3S. The normalized spacial score (nSPS) is 31.4. The molecule has 2 rings (SSSR count). The maximum absolute atomic E-state index is 12.4. The summed E-state index contributed by atoms with van der Waals surface area (Å²) < 4.78 is 0. The maximum atomic E-state index is 12.4. The molecule has 108 valence electrons. The minimum atomic E-state index is -0.959. The van der Waals surface area contributed by atoms with Gasteiger partial charge in [-0.15, -0.1) is 0 Å². The number of nitrogens with zero attached hydrogens (tertiary/aromatic N) is 1. The highest BCUT2D eigenvalue weighted by atomic mass is 32.2. The molecule has 5 nitrogen and oxygen atoms in total. The third-order valence-electron chi connectivity index (χ3n) is 4.19. The van der Waals surface area contributed by atoms with Crippen LogP contribution in [-0.4, -0.2) is 58.1 Å². The highest BCUT2D eigenvalue weighted by molar-refractivity contribution is 7.99. The predicted octanol–water partition coefficient (Wildman–Crippen LogP) is 0.937. The number of carboxylic acids is 1. The average Bonchev–Trinajstić information content (AvgIpc) is 2.85. The monoisotopic (exact) mass is 286 g/mol. The van der Waals surface area contributed by atoms with Crippen molar-refractivity contribution in [2.75, 3.05) is 24.6 Å². The maximum Gasteiger partial charge on any atom is 0.329 e. The first kappa shape index (κ1) is 14.7. The molecule has 2 aliphatic rings. The summed E-state index contributed by atoms with van der Waals surface area (Å²) in [6, 6.07) is 0.190. The number of hydrogen-bond acceptors (Lipinski definition) is 4. The fourth-order valence-corrected chi connectivity index (χ4v) is 4.00. The molecule has 0 spiro atoms. The van der Waals surface area contributed by atoms with Crippen LogP contribution in [0.2, 0.25) is 0 Å². The van der Waals surface area contributed by atoms with Crippen LogP contribution in [0.4, 0.5) is 0 Å². The van der Waals surface area contributed by atoms with Gasteiger partial charge < -0.3 is 15.3 Å². The molecule has 0 radical (unpaired) electrons. The molecule has 6 heteroatoms. The summed E-state index contributed by atoms with van der Waals surface area (Å²) in [6.45, 7) is 3.37. The summed E-state index contributed by atoms with van der Waals surface area (Å²) in [5.41, 5.74) is -0.959. The lowest BCUT2D eigenvalue weighted by molar-refractivity contribution is -0.157. The van der Waals surface area contributed by atoms with Crippen molar-refractivity contribution in [3.05, 3.63) is 0 Å². The van der Waals surface area contributed by atoms with E-state index >= 15 is 0 Å². The van der Waals surface area contributed by atoms with Gasteiger partial charge in [0, 0.05) is 37.1 Å². The minimum Gasteiger partial charge on any atom is -0.479 e. The van der Waals surface area contributed by atoms with Crippen LogP contribution in [0.25, 0.3) is 0 Å². The molecule has 0 saturated carbocycles. The lowest BCUT2D eigenvalue weighted by Crippen LogP contribution is -2.54. The van der Waals surface area contributed by atoms with E-state index < -0.39 is 11.5 Å². The first-order valence-electron chi connectivity index (χ1n) is 6.95. The zero-order chi connectivity index (χ0) is 13.9. The van der Waals surface area contributed by atoms with Gasteiger partial charge >= 0.3 is 5.97 Å². The van der Waals surface area contributed by atoms with Crippen LogP contribution in [0.5, 0.6) is 0 Å². The molecule has 2 saturated heterocycles. The Labute approximate surface area is 118 Å². The molecule has 19 heavy (non-hydrogen) atoms.